The molecule has 286 valence electrons. The van der Waals surface area contributed by atoms with Gasteiger partial charge in [0.1, 0.15) is 18.1 Å². The Morgan fingerprint density at radius 1 is 0.788 bits per heavy atom. The van der Waals surface area contributed by atoms with Gasteiger partial charge in [0.25, 0.3) is 0 Å². The highest BCUT2D eigenvalue weighted by Crippen LogP contribution is 2.42. The van der Waals surface area contributed by atoms with E-state index >= 15 is 0 Å². The van der Waals surface area contributed by atoms with Crippen LogP contribution in [0.4, 0.5) is 26.3 Å². The third-order valence-electron chi connectivity index (χ3n) is 8.23. The number of benzene rings is 2. The van der Waals surface area contributed by atoms with Crippen molar-refractivity contribution in [3.63, 3.8) is 0 Å². The van der Waals surface area contributed by atoms with Crippen molar-refractivity contribution in [1.82, 2.24) is 32.1 Å². The molecule has 1 saturated heterocycles. The zero-order valence-electron chi connectivity index (χ0n) is 28.3. The summed E-state index contributed by atoms with van der Waals surface area (Å²) in [4.78, 5) is 63.9. The van der Waals surface area contributed by atoms with E-state index in [0.717, 1.165) is 6.92 Å². The van der Waals surface area contributed by atoms with Crippen LogP contribution in [0.3, 0.4) is 0 Å². The molecule has 3 rings (SSSR count). The second-order valence-corrected chi connectivity index (χ2v) is 12.7. The fourth-order valence-electron chi connectivity index (χ4n) is 5.17. The number of primary amides is 1. The van der Waals surface area contributed by atoms with E-state index in [4.69, 9.17) is 5.73 Å². The van der Waals surface area contributed by atoms with E-state index in [1.165, 1.54) is 24.3 Å². The van der Waals surface area contributed by atoms with Crippen LogP contribution in [-0.4, -0.2) is 77.3 Å². The molecular formula is C33H41F6N7O6. The first-order chi connectivity index (χ1) is 24.1. The number of nitrogens with one attached hydrogen (secondary N) is 6. The molecule has 0 bridgehead atoms. The Morgan fingerprint density at radius 3 is 1.88 bits per heavy atom. The van der Waals surface area contributed by atoms with Crippen molar-refractivity contribution in [2.45, 2.75) is 94.7 Å². The van der Waals surface area contributed by atoms with Gasteiger partial charge in [-0.05, 0) is 36.0 Å². The number of carbonyl (C=O) groups is 5. The summed E-state index contributed by atoms with van der Waals surface area (Å²) in [5, 5.41) is 19.2. The molecule has 0 aliphatic carbocycles. The number of halogens is 6. The minimum atomic E-state index is -5.15. The van der Waals surface area contributed by atoms with Gasteiger partial charge in [-0.2, -0.15) is 26.3 Å². The molecule has 0 aromatic heterocycles. The molecule has 1 fully saturated rings. The molecule has 2 unspecified atom stereocenters. The Bertz CT molecular complexity index is 1570. The van der Waals surface area contributed by atoms with E-state index in [9.17, 15) is 55.4 Å². The maximum absolute atomic E-state index is 13.5. The summed E-state index contributed by atoms with van der Waals surface area (Å²) in [5.41, 5.74) is 7.64. The number of carbonyl (C=O) groups excluding carboxylic acids is 5. The molecule has 0 saturated carbocycles. The third-order valence-corrected chi connectivity index (χ3v) is 8.23. The lowest BCUT2D eigenvalue weighted by atomic mass is 9.99. The minimum absolute atomic E-state index is 0.102. The molecule has 0 radical (unpaired) electrons. The zero-order chi connectivity index (χ0) is 39.0. The topological polar surface area (TPSA) is 224 Å². The van der Waals surface area contributed by atoms with Crippen molar-refractivity contribution in [3.8, 4) is 0 Å². The summed E-state index contributed by atoms with van der Waals surface area (Å²) in [6, 6.07) is 7.48. The van der Waals surface area contributed by atoms with E-state index in [1.54, 1.807) is 44.2 Å². The summed E-state index contributed by atoms with van der Waals surface area (Å²) in [5.74, 6) is -4.95. The zero-order valence-corrected chi connectivity index (χ0v) is 28.3. The molecule has 5 atom stereocenters. The van der Waals surface area contributed by atoms with Gasteiger partial charge in [-0.1, -0.05) is 68.4 Å². The Morgan fingerprint density at radius 2 is 1.38 bits per heavy atom. The van der Waals surface area contributed by atoms with Crippen molar-refractivity contribution in [3.05, 3.63) is 71.3 Å². The van der Waals surface area contributed by atoms with Gasteiger partial charge in [0.05, 0.1) is 12.5 Å². The van der Waals surface area contributed by atoms with Gasteiger partial charge in [0, 0.05) is 12.8 Å². The lowest BCUT2D eigenvalue weighted by Crippen LogP contribution is -2.59. The van der Waals surface area contributed by atoms with E-state index < -0.39 is 96.6 Å². The van der Waals surface area contributed by atoms with Crippen molar-refractivity contribution < 1.29 is 55.4 Å². The molecule has 1 aliphatic rings. The summed E-state index contributed by atoms with van der Waals surface area (Å²) < 4.78 is 79.8. The summed E-state index contributed by atoms with van der Waals surface area (Å²) in [7, 11) is 0. The number of alkyl halides is 6. The fraction of sp³-hybridized carbons (Fsp3) is 0.485. The number of nitrogens with two attached hydrogens (primary N) is 1. The number of amides is 5. The van der Waals surface area contributed by atoms with Gasteiger partial charge in [-0.15, -0.1) is 0 Å². The van der Waals surface area contributed by atoms with Gasteiger partial charge in [-0.3, -0.25) is 24.0 Å². The van der Waals surface area contributed by atoms with E-state index in [1.807, 2.05) is 5.32 Å². The maximum atomic E-state index is 13.5. The van der Waals surface area contributed by atoms with Crippen LogP contribution in [-0.2, 0) is 42.5 Å². The Balaban J connectivity index is 1.71. The van der Waals surface area contributed by atoms with Crippen LogP contribution in [0, 0.1) is 5.92 Å². The number of rotatable bonds is 17. The van der Waals surface area contributed by atoms with Crippen LogP contribution < -0.4 is 37.9 Å². The molecule has 0 spiro atoms. The van der Waals surface area contributed by atoms with E-state index in [2.05, 4.69) is 26.8 Å². The van der Waals surface area contributed by atoms with Crippen LogP contribution >= 0.6 is 0 Å². The van der Waals surface area contributed by atoms with E-state index in [-0.39, 0.29) is 18.4 Å². The minimum Gasteiger partial charge on any atom is -0.382 e. The average Bonchev–Trinajstić information content (AvgIpc) is 3.87. The summed E-state index contributed by atoms with van der Waals surface area (Å²) >= 11 is 0. The first-order valence-electron chi connectivity index (χ1n) is 16.1. The van der Waals surface area contributed by atoms with Crippen LogP contribution in [0.25, 0.3) is 0 Å². The van der Waals surface area contributed by atoms with Crippen LogP contribution in [0.5, 0.6) is 0 Å². The standard InChI is InChI=1S/C33H41F6N7O6/c1-17(2)26(44-25(48)16-20-9-11-21(12-10-20)31(45-46-31)33(37,38)39)30(52)43-23(15-19-7-5-4-6-8-19)29(51)41-18(3)28(50)42-22(13-14-24(40)47)27(49)32(34,35)36/h4-12,17-18,22-23,26-27,45-46,49H,13-16H2,1-3H3,(H2,40,47)(H,41,51)(H,42,50)(H,43,52)(H,44,48)/t18-,22?,23-,26-,27?/m0/s1. The molecule has 1 aliphatic heterocycles. The molecule has 9 N–H and O–H groups in total. The van der Waals surface area contributed by atoms with Crippen molar-refractivity contribution in [1.29, 1.82) is 0 Å². The average molecular weight is 746 g/mol. The quantitative estimate of drug-likeness (QED) is 0.0863. The summed E-state index contributed by atoms with van der Waals surface area (Å²) in [6.07, 6.45) is -14.4. The summed E-state index contributed by atoms with van der Waals surface area (Å²) in [6.45, 7) is 4.40. The van der Waals surface area contributed by atoms with Crippen molar-refractivity contribution in [2.24, 2.45) is 11.7 Å². The predicted molar refractivity (Wildman–Crippen MR) is 173 cm³/mol. The Labute approximate surface area is 294 Å². The Kier molecular flexibility index (Phi) is 13.8. The maximum Gasteiger partial charge on any atom is 0.426 e. The van der Waals surface area contributed by atoms with Gasteiger partial charge in [-0.25, -0.2) is 10.9 Å². The molecule has 2 aromatic carbocycles. The molecular weight excluding hydrogens is 704 g/mol. The smallest absolute Gasteiger partial charge is 0.382 e. The lowest BCUT2D eigenvalue weighted by molar-refractivity contribution is -0.212. The second-order valence-electron chi connectivity index (χ2n) is 12.7. The van der Waals surface area contributed by atoms with Gasteiger partial charge < -0.3 is 32.1 Å². The molecule has 2 aromatic rings. The highest BCUT2D eigenvalue weighted by atomic mass is 19.4. The number of hydrogen-bond donors (Lipinski definition) is 8. The molecule has 5 amide bonds. The number of hydrazine groups is 1. The van der Waals surface area contributed by atoms with Crippen molar-refractivity contribution in [2.75, 3.05) is 0 Å². The molecule has 13 nitrogen and oxygen atoms in total. The van der Waals surface area contributed by atoms with E-state index in [0.29, 0.717) is 11.1 Å². The lowest BCUT2D eigenvalue weighted by Gasteiger charge is -2.28. The fourth-order valence-corrected chi connectivity index (χ4v) is 5.17. The highest BCUT2D eigenvalue weighted by Gasteiger charge is 2.65. The number of hydrogen-bond acceptors (Lipinski definition) is 8. The molecule has 19 heteroatoms. The van der Waals surface area contributed by atoms with Gasteiger partial charge in [0.15, 0.2) is 6.10 Å². The second kappa shape index (κ2) is 17.2. The predicted octanol–water partition coefficient (Wildman–Crippen LogP) is 1.10. The molecule has 1 heterocycles. The Hall–Kier alpha value is -4.75. The largest absolute Gasteiger partial charge is 0.426 e. The first-order valence-corrected chi connectivity index (χ1v) is 16.1. The van der Waals surface area contributed by atoms with Gasteiger partial charge >= 0.3 is 12.4 Å². The van der Waals surface area contributed by atoms with Crippen LogP contribution in [0.2, 0.25) is 0 Å². The SMILES string of the molecule is CC(C)[C@H](NC(=O)Cc1ccc(C2(C(F)(F)F)NN2)cc1)C(=O)N[C@@H](Cc1ccccc1)C(=O)N[C@@H](C)C(=O)NC(CCC(N)=O)C(O)C(F)(F)F. The normalized spacial score (nSPS) is 16.8. The first kappa shape index (κ1) is 41.7. The number of aliphatic hydroxyl groups is 1. The van der Waals surface area contributed by atoms with Gasteiger partial charge in [0.2, 0.25) is 35.2 Å². The van der Waals surface area contributed by atoms with Crippen molar-refractivity contribution >= 4 is 29.5 Å². The van der Waals surface area contributed by atoms with Crippen LogP contribution in [0.1, 0.15) is 50.3 Å². The highest BCUT2D eigenvalue weighted by molar-refractivity contribution is 5.94. The third kappa shape index (κ3) is 11.4. The number of aliphatic hydroxyl groups excluding tert-OH is 1. The molecule has 52 heavy (non-hydrogen) atoms. The monoisotopic (exact) mass is 745 g/mol. The van der Waals surface area contributed by atoms with Crippen LogP contribution in [0.15, 0.2) is 54.6 Å².